The summed E-state index contributed by atoms with van der Waals surface area (Å²) >= 11 is 6.38. The highest BCUT2D eigenvalue weighted by atomic mass is 35.5. The van der Waals surface area contributed by atoms with Crippen LogP contribution in [0.5, 0.6) is 5.88 Å². The van der Waals surface area contributed by atoms with E-state index >= 15 is 0 Å². The second kappa shape index (κ2) is 7.32. The number of fused-ring (bicyclic) bond motifs is 1. The molecule has 27 heavy (non-hydrogen) atoms. The largest absolute Gasteiger partial charge is 0.479 e. The molecule has 0 amide bonds. The van der Waals surface area contributed by atoms with E-state index in [1.165, 1.54) is 19.4 Å². The van der Waals surface area contributed by atoms with Gasteiger partial charge in [-0.25, -0.2) is 19.3 Å². The van der Waals surface area contributed by atoms with Gasteiger partial charge in [0.25, 0.3) is 0 Å². The Morgan fingerprint density at radius 3 is 2.89 bits per heavy atom. The zero-order chi connectivity index (χ0) is 18.8. The molecule has 0 aliphatic heterocycles. The van der Waals surface area contributed by atoms with E-state index < -0.39 is 5.82 Å². The summed E-state index contributed by atoms with van der Waals surface area (Å²) in [5, 5.41) is 1.47. The lowest BCUT2D eigenvalue weighted by atomic mass is 10.1. The molecule has 0 spiro atoms. The fourth-order valence-corrected chi connectivity index (χ4v) is 3.12. The number of ether oxygens (including phenoxy) is 1. The van der Waals surface area contributed by atoms with Crippen molar-refractivity contribution >= 4 is 22.6 Å². The second-order valence-corrected chi connectivity index (χ2v) is 6.34. The zero-order valence-corrected chi connectivity index (χ0v) is 15.2. The van der Waals surface area contributed by atoms with Gasteiger partial charge in [0.05, 0.1) is 12.8 Å². The summed E-state index contributed by atoms with van der Waals surface area (Å²) in [5.41, 5.74) is 4.04. The van der Waals surface area contributed by atoms with E-state index in [0.717, 1.165) is 22.2 Å². The lowest BCUT2D eigenvalue weighted by Gasteiger charge is -2.07. The number of halogens is 2. The molecule has 135 valence electrons. The maximum atomic E-state index is 13.8. The van der Waals surface area contributed by atoms with Crippen molar-refractivity contribution in [1.82, 2.24) is 19.9 Å². The highest BCUT2D eigenvalue weighted by molar-refractivity contribution is 6.30. The number of aromatic nitrogens is 4. The molecule has 0 aromatic carbocycles. The van der Waals surface area contributed by atoms with Crippen LogP contribution < -0.4 is 4.74 Å². The Bertz CT molecular complexity index is 1110. The first-order chi connectivity index (χ1) is 13.1. The van der Waals surface area contributed by atoms with Gasteiger partial charge >= 0.3 is 0 Å². The minimum absolute atomic E-state index is 0.0401. The van der Waals surface area contributed by atoms with Crippen LogP contribution in [0.3, 0.4) is 0 Å². The van der Waals surface area contributed by atoms with E-state index in [0.29, 0.717) is 22.8 Å². The van der Waals surface area contributed by atoms with Gasteiger partial charge in [-0.1, -0.05) is 17.7 Å². The van der Waals surface area contributed by atoms with Crippen LogP contribution >= 0.6 is 11.6 Å². The minimum atomic E-state index is -0.526. The van der Waals surface area contributed by atoms with Crippen LogP contribution in [-0.4, -0.2) is 27.0 Å². The Morgan fingerprint density at radius 1 is 1.22 bits per heavy atom. The lowest BCUT2D eigenvalue weighted by Crippen LogP contribution is -1.98. The average molecular weight is 382 g/mol. The van der Waals surface area contributed by atoms with Gasteiger partial charge in [-0.15, -0.1) is 0 Å². The van der Waals surface area contributed by atoms with E-state index in [-0.39, 0.29) is 5.88 Å². The number of nitrogens with one attached hydrogen (secondary N) is 1. The van der Waals surface area contributed by atoms with Crippen molar-refractivity contribution < 1.29 is 9.13 Å². The number of aromatic amines is 1. The van der Waals surface area contributed by atoms with Crippen LogP contribution in [0.2, 0.25) is 5.15 Å². The first-order valence-electron chi connectivity index (χ1n) is 8.25. The molecule has 5 nitrogen and oxygen atoms in total. The van der Waals surface area contributed by atoms with Gasteiger partial charge in [0.2, 0.25) is 5.88 Å². The van der Waals surface area contributed by atoms with Crippen molar-refractivity contribution in [2.75, 3.05) is 7.11 Å². The molecule has 7 heteroatoms. The Kier molecular flexibility index (Phi) is 4.73. The van der Waals surface area contributed by atoms with E-state index in [1.807, 2.05) is 30.5 Å². The lowest BCUT2D eigenvalue weighted by molar-refractivity contribution is 0.369. The van der Waals surface area contributed by atoms with Crippen LogP contribution in [0.15, 0.2) is 48.9 Å². The third-order valence-corrected chi connectivity index (χ3v) is 4.53. The summed E-state index contributed by atoms with van der Waals surface area (Å²) in [6.45, 7) is 0. The third kappa shape index (κ3) is 3.61. The number of pyridine rings is 3. The maximum absolute atomic E-state index is 13.8. The van der Waals surface area contributed by atoms with Crippen LogP contribution in [0.1, 0.15) is 22.4 Å². The minimum Gasteiger partial charge on any atom is -0.479 e. The SMILES string of the molecule is COc1ncc([CH]c2ccc(Cc3c[nH]c4ncccc34)c(Cl)n2)cc1F. The Morgan fingerprint density at radius 2 is 2.11 bits per heavy atom. The fourth-order valence-electron chi connectivity index (χ4n) is 2.89. The average Bonchev–Trinajstić information content (AvgIpc) is 3.07. The standard InChI is InChI=1S/C20H15ClFN4O/c1-27-20-17(22)8-12(10-25-20)7-15-5-4-13(18(21)26-15)9-14-11-24-19-16(14)3-2-6-23-19/h2-8,10-11H,9H2,1H3,(H,23,24). The molecular formula is C20H15ClFN4O. The van der Waals surface area contributed by atoms with E-state index in [4.69, 9.17) is 16.3 Å². The molecular weight excluding hydrogens is 367 g/mol. The molecule has 1 N–H and O–H groups in total. The van der Waals surface area contributed by atoms with Crippen molar-refractivity contribution in [3.8, 4) is 5.88 Å². The third-order valence-electron chi connectivity index (χ3n) is 4.20. The summed E-state index contributed by atoms with van der Waals surface area (Å²) in [7, 11) is 1.37. The number of nitrogens with zero attached hydrogens (tertiary/aromatic N) is 3. The molecule has 0 fully saturated rings. The molecule has 0 unspecified atom stereocenters. The molecule has 4 rings (SSSR count). The maximum Gasteiger partial charge on any atom is 0.250 e. The summed E-state index contributed by atoms with van der Waals surface area (Å²) in [6.07, 6.45) is 7.54. The van der Waals surface area contributed by atoms with Crippen molar-refractivity contribution in [2.45, 2.75) is 6.42 Å². The van der Waals surface area contributed by atoms with Gasteiger partial charge in [-0.3, -0.25) is 0 Å². The van der Waals surface area contributed by atoms with Gasteiger partial charge in [0.15, 0.2) is 5.82 Å². The molecule has 0 bridgehead atoms. The number of H-pyrrole nitrogens is 1. The number of methoxy groups -OCH3 is 1. The molecule has 0 saturated heterocycles. The molecule has 4 aromatic rings. The van der Waals surface area contributed by atoms with E-state index in [1.54, 1.807) is 12.6 Å². The summed E-state index contributed by atoms with van der Waals surface area (Å²) in [6, 6.07) is 9.02. The van der Waals surface area contributed by atoms with Gasteiger partial charge < -0.3 is 9.72 Å². The van der Waals surface area contributed by atoms with Gasteiger partial charge in [-0.05, 0) is 41.0 Å². The van der Waals surface area contributed by atoms with Crippen molar-refractivity contribution in [3.05, 3.63) is 88.7 Å². The highest BCUT2D eigenvalue weighted by Gasteiger charge is 2.11. The van der Waals surface area contributed by atoms with E-state index in [9.17, 15) is 4.39 Å². The Hall–Kier alpha value is -2.99. The normalized spacial score (nSPS) is 11.1. The highest BCUT2D eigenvalue weighted by Crippen LogP contribution is 2.24. The molecule has 4 heterocycles. The Balaban J connectivity index is 1.55. The van der Waals surface area contributed by atoms with Crippen molar-refractivity contribution in [3.63, 3.8) is 0 Å². The smallest absolute Gasteiger partial charge is 0.250 e. The van der Waals surface area contributed by atoms with Crippen LogP contribution in [0.4, 0.5) is 4.39 Å². The molecule has 0 aliphatic carbocycles. The number of rotatable bonds is 5. The van der Waals surface area contributed by atoms with Crippen LogP contribution in [0, 0.1) is 12.2 Å². The zero-order valence-electron chi connectivity index (χ0n) is 14.4. The number of hydrogen-bond donors (Lipinski definition) is 1. The van der Waals surface area contributed by atoms with Crippen LogP contribution in [0.25, 0.3) is 11.0 Å². The summed E-state index contributed by atoms with van der Waals surface area (Å²) in [4.78, 5) is 15.8. The predicted molar refractivity (Wildman–Crippen MR) is 101 cm³/mol. The fraction of sp³-hybridized carbons (Fsp3) is 0.100. The molecule has 0 aliphatic rings. The molecule has 0 saturated carbocycles. The van der Waals surface area contributed by atoms with Crippen molar-refractivity contribution in [1.29, 1.82) is 0 Å². The first kappa shape index (κ1) is 17.4. The quantitative estimate of drug-likeness (QED) is 0.522. The predicted octanol–water partition coefficient (Wildman–Crippen LogP) is 4.35. The molecule has 1 radical (unpaired) electrons. The van der Waals surface area contributed by atoms with Gasteiger partial charge in [0, 0.05) is 36.8 Å². The topological polar surface area (TPSA) is 63.7 Å². The summed E-state index contributed by atoms with van der Waals surface area (Å²) in [5.74, 6) is -0.566. The second-order valence-electron chi connectivity index (χ2n) is 5.98. The van der Waals surface area contributed by atoms with Gasteiger partial charge in [-0.2, -0.15) is 0 Å². The summed E-state index contributed by atoms with van der Waals surface area (Å²) < 4.78 is 18.6. The van der Waals surface area contributed by atoms with E-state index in [2.05, 4.69) is 19.9 Å². The van der Waals surface area contributed by atoms with Crippen molar-refractivity contribution in [2.24, 2.45) is 0 Å². The molecule has 4 aromatic heterocycles. The Labute approximate surface area is 160 Å². The molecule has 0 atom stereocenters. The van der Waals surface area contributed by atoms with Gasteiger partial charge in [0.1, 0.15) is 10.8 Å². The monoisotopic (exact) mass is 381 g/mol. The number of hydrogen-bond acceptors (Lipinski definition) is 4. The first-order valence-corrected chi connectivity index (χ1v) is 8.62. The van der Waals surface area contributed by atoms with Crippen LogP contribution in [-0.2, 0) is 6.42 Å².